The van der Waals surface area contributed by atoms with E-state index < -0.39 is 0 Å². The van der Waals surface area contributed by atoms with E-state index in [1.54, 1.807) is 0 Å². The highest BCUT2D eigenvalue weighted by molar-refractivity contribution is 5.94. The van der Waals surface area contributed by atoms with Crippen LogP contribution in [0, 0.1) is 0 Å². The summed E-state index contributed by atoms with van der Waals surface area (Å²) in [5.41, 5.74) is 0.938. The molecule has 0 aliphatic heterocycles. The molecule has 116 valence electrons. The number of carbonyl (C=O) groups is 1. The van der Waals surface area contributed by atoms with Crippen LogP contribution in [0.5, 0.6) is 0 Å². The molecule has 0 unspecified atom stereocenters. The molecule has 0 aliphatic rings. The molecule has 0 fully saturated rings. The summed E-state index contributed by atoms with van der Waals surface area (Å²) in [6.07, 6.45) is 4.01. The number of benzene rings is 2. The average molecular weight is 305 g/mol. The highest BCUT2D eigenvalue weighted by Crippen LogP contribution is 2.17. The van der Waals surface area contributed by atoms with Crippen LogP contribution in [0.25, 0.3) is 10.8 Å². The minimum atomic E-state index is -0.250. The number of fused-ring (bicyclic) bond motifs is 1. The molecule has 23 heavy (non-hydrogen) atoms. The fourth-order valence-electron chi connectivity index (χ4n) is 2.82. The quantitative estimate of drug-likeness (QED) is 0.674. The monoisotopic (exact) mass is 305 g/mol. The topological polar surface area (TPSA) is 24.2 Å². The van der Waals surface area contributed by atoms with E-state index >= 15 is 0 Å². The number of aromatic nitrogens is 1. The Bertz CT molecular complexity index is 814. The van der Waals surface area contributed by atoms with Gasteiger partial charge in [-0.2, -0.15) is 4.57 Å². The fourth-order valence-corrected chi connectivity index (χ4v) is 2.82. The Balaban J connectivity index is 1.90. The fraction of sp³-hybridized carbons (Fsp3) is 0.200. The third kappa shape index (κ3) is 3.09. The molecule has 1 amide bonds. The molecule has 0 radical (unpaired) electrons. The predicted octanol–water partition coefficient (Wildman–Crippen LogP) is 3.74. The molecule has 2 aromatic carbocycles. The van der Waals surface area contributed by atoms with Gasteiger partial charge in [-0.3, -0.25) is 4.79 Å². The van der Waals surface area contributed by atoms with Gasteiger partial charge in [-0.05, 0) is 30.5 Å². The first kappa shape index (κ1) is 15.2. The summed E-state index contributed by atoms with van der Waals surface area (Å²) in [4.78, 5) is 14.7. The van der Waals surface area contributed by atoms with Gasteiger partial charge in [-0.1, -0.05) is 36.4 Å². The zero-order chi connectivity index (χ0) is 16.2. The SMILES string of the molecule is CCN(C(=O)[C@H](C)[n+]1ccc2ccccc2c1)c1ccccc1. The molecule has 3 heteroatoms. The normalized spacial score (nSPS) is 12.1. The maximum absolute atomic E-state index is 12.9. The van der Waals surface area contributed by atoms with Crippen LogP contribution in [0.2, 0.25) is 0 Å². The van der Waals surface area contributed by atoms with E-state index in [0.717, 1.165) is 11.1 Å². The summed E-state index contributed by atoms with van der Waals surface area (Å²) in [5, 5.41) is 2.32. The minimum absolute atomic E-state index is 0.0963. The van der Waals surface area contributed by atoms with Crippen LogP contribution in [0.3, 0.4) is 0 Å². The third-order valence-corrected chi connectivity index (χ3v) is 4.17. The van der Waals surface area contributed by atoms with Crippen LogP contribution in [-0.2, 0) is 4.79 Å². The Hall–Kier alpha value is -2.68. The first-order valence-corrected chi connectivity index (χ1v) is 7.96. The molecule has 1 heterocycles. The van der Waals surface area contributed by atoms with E-state index in [9.17, 15) is 4.79 Å². The molecular formula is C20H21N2O+. The van der Waals surface area contributed by atoms with E-state index in [1.165, 1.54) is 5.39 Å². The summed E-state index contributed by atoms with van der Waals surface area (Å²) in [6, 6.07) is 19.8. The van der Waals surface area contributed by atoms with E-state index in [-0.39, 0.29) is 11.9 Å². The van der Waals surface area contributed by atoms with E-state index in [4.69, 9.17) is 0 Å². The minimum Gasteiger partial charge on any atom is -0.307 e. The van der Waals surface area contributed by atoms with Gasteiger partial charge in [0.1, 0.15) is 0 Å². The van der Waals surface area contributed by atoms with Gasteiger partial charge in [0, 0.05) is 30.6 Å². The van der Waals surface area contributed by atoms with Crippen molar-refractivity contribution >= 4 is 22.4 Å². The van der Waals surface area contributed by atoms with Gasteiger partial charge < -0.3 is 4.90 Å². The number of amides is 1. The van der Waals surface area contributed by atoms with Gasteiger partial charge in [0.15, 0.2) is 12.4 Å². The highest BCUT2D eigenvalue weighted by Gasteiger charge is 2.27. The van der Waals surface area contributed by atoms with E-state index in [2.05, 4.69) is 18.2 Å². The van der Waals surface area contributed by atoms with Crippen molar-refractivity contribution in [1.29, 1.82) is 0 Å². The van der Waals surface area contributed by atoms with Gasteiger partial charge in [-0.15, -0.1) is 0 Å². The van der Waals surface area contributed by atoms with Gasteiger partial charge in [0.2, 0.25) is 6.04 Å². The van der Waals surface area contributed by atoms with Crippen molar-refractivity contribution in [2.24, 2.45) is 0 Å². The number of pyridine rings is 1. The van der Waals surface area contributed by atoms with Crippen LogP contribution in [0.1, 0.15) is 19.9 Å². The second-order valence-corrected chi connectivity index (χ2v) is 5.61. The number of nitrogens with zero attached hydrogens (tertiary/aromatic N) is 2. The molecule has 0 aliphatic carbocycles. The molecule has 0 saturated carbocycles. The zero-order valence-electron chi connectivity index (χ0n) is 13.5. The number of hydrogen-bond acceptors (Lipinski definition) is 1. The predicted molar refractivity (Wildman–Crippen MR) is 93.3 cm³/mol. The van der Waals surface area contributed by atoms with Crippen LogP contribution >= 0.6 is 0 Å². The summed E-state index contributed by atoms with van der Waals surface area (Å²) in [7, 11) is 0. The molecule has 1 aromatic heterocycles. The second-order valence-electron chi connectivity index (χ2n) is 5.61. The Morgan fingerprint density at radius 1 is 1.00 bits per heavy atom. The van der Waals surface area contributed by atoms with Crippen molar-refractivity contribution in [2.75, 3.05) is 11.4 Å². The van der Waals surface area contributed by atoms with Crippen molar-refractivity contribution in [2.45, 2.75) is 19.9 Å². The second kappa shape index (κ2) is 6.61. The van der Waals surface area contributed by atoms with Crippen molar-refractivity contribution in [3.05, 3.63) is 73.1 Å². The maximum Gasteiger partial charge on any atom is 0.295 e. The lowest BCUT2D eigenvalue weighted by Gasteiger charge is -2.22. The van der Waals surface area contributed by atoms with Crippen molar-refractivity contribution in [3.8, 4) is 0 Å². The van der Waals surface area contributed by atoms with Gasteiger partial charge in [-0.25, -0.2) is 0 Å². The summed E-state index contributed by atoms with van der Waals surface area (Å²) >= 11 is 0. The molecule has 3 rings (SSSR count). The summed E-state index contributed by atoms with van der Waals surface area (Å²) < 4.78 is 1.98. The number of rotatable bonds is 4. The molecular weight excluding hydrogens is 284 g/mol. The van der Waals surface area contributed by atoms with Crippen LogP contribution < -0.4 is 9.47 Å². The molecule has 1 atom stereocenters. The first-order chi connectivity index (χ1) is 11.2. The van der Waals surface area contributed by atoms with Crippen LogP contribution in [0.4, 0.5) is 5.69 Å². The lowest BCUT2D eigenvalue weighted by molar-refractivity contribution is -0.704. The molecule has 0 bridgehead atoms. The Morgan fingerprint density at radius 3 is 2.35 bits per heavy atom. The Morgan fingerprint density at radius 2 is 1.65 bits per heavy atom. The highest BCUT2D eigenvalue weighted by atomic mass is 16.2. The smallest absolute Gasteiger partial charge is 0.295 e. The number of carbonyl (C=O) groups excluding carboxylic acids is 1. The van der Waals surface area contributed by atoms with Crippen LogP contribution in [0.15, 0.2) is 73.1 Å². The molecule has 0 saturated heterocycles. The average Bonchev–Trinajstić information content (AvgIpc) is 2.62. The first-order valence-electron chi connectivity index (χ1n) is 7.96. The van der Waals surface area contributed by atoms with E-state index in [0.29, 0.717) is 6.54 Å². The van der Waals surface area contributed by atoms with Crippen molar-refractivity contribution < 1.29 is 9.36 Å². The summed E-state index contributed by atoms with van der Waals surface area (Å²) in [5.74, 6) is 0.0963. The largest absolute Gasteiger partial charge is 0.307 e. The van der Waals surface area contributed by atoms with Gasteiger partial charge in [0.25, 0.3) is 5.91 Å². The molecule has 3 nitrogen and oxygen atoms in total. The van der Waals surface area contributed by atoms with E-state index in [1.807, 2.05) is 78.2 Å². The number of hydrogen-bond donors (Lipinski definition) is 0. The van der Waals surface area contributed by atoms with Crippen molar-refractivity contribution in [3.63, 3.8) is 0 Å². The standard InChI is InChI=1S/C20H21N2O/c1-3-22(19-11-5-4-6-12-19)20(23)16(2)21-14-13-17-9-7-8-10-18(17)15-21/h4-16H,3H2,1-2H3/q+1/t16-/m0/s1. The van der Waals surface area contributed by atoms with Gasteiger partial charge in [0.05, 0.1) is 0 Å². The lowest BCUT2D eigenvalue weighted by atomic mass is 10.1. The summed E-state index contributed by atoms with van der Waals surface area (Å²) in [6.45, 7) is 4.60. The lowest BCUT2D eigenvalue weighted by Crippen LogP contribution is -2.48. The molecule has 0 N–H and O–H groups in total. The number of para-hydroxylation sites is 1. The maximum atomic E-state index is 12.9. The van der Waals surface area contributed by atoms with Crippen LogP contribution in [-0.4, -0.2) is 12.5 Å². The van der Waals surface area contributed by atoms with Crippen molar-refractivity contribution in [1.82, 2.24) is 0 Å². The molecule has 3 aromatic rings. The van der Waals surface area contributed by atoms with Gasteiger partial charge >= 0.3 is 0 Å². The third-order valence-electron chi connectivity index (χ3n) is 4.17. The zero-order valence-corrected chi connectivity index (χ0v) is 13.5. The number of anilines is 1. The number of likely N-dealkylation sites (N-methyl/N-ethyl adjacent to an activating group) is 1. The Kier molecular flexibility index (Phi) is 4.38. The molecule has 0 spiro atoms. The Labute approximate surface area is 136 Å².